The first kappa shape index (κ1) is 12.5. The minimum atomic E-state index is 0.530. The molecule has 0 unspecified atom stereocenters. The van der Waals surface area contributed by atoms with Crippen LogP contribution in [0.4, 0.5) is 5.69 Å². The van der Waals surface area contributed by atoms with E-state index in [1.54, 1.807) is 6.20 Å². The van der Waals surface area contributed by atoms with Gasteiger partial charge in [0.2, 0.25) is 0 Å². The van der Waals surface area contributed by atoms with E-state index in [1.807, 2.05) is 36.4 Å². The summed E-state index contributed by atoms with van der Waals surface area (Å²) in [6.07, 6.45) is 1.75. The van der Waals surface area contributed by atoms with Gasteiger partial charge in [-0.1, -0.05) is 24.3 Å². The molecule has 0 saturated heterocycles. The number of ether oxygens (including phenoxy) is 1. The van der Waals surface area contributed by atoms with Crippen LogP contribution in [-0.2, 0) is 6.61 Å². The van der Waals surface area contributed by atoms with Crippen LogP contribution in [0.5, 0.6) is 5.75 Å². The molecule has 0 atom stereocenters. The molecule has 0 aliphatic carbocycles. The van der Waals surface area contributed by atoms with Gasteiger partial charge in [0.1, 0.15) is 17.9 Å². The van der Waals surface area contributed by atoms with E-state index in [-0.39, 0.29) is 0 Å². The number of hydrogen-bond donors (Lipinski definition) is 1. The minimum absolute atomic E-state index is 0.530. The molecule has 0 saturated carbocycles. The molecule has 3 heteroatoms. The van der Waals surface area contributed by atoms with Crippen molar-refractivity contribution in [2.75, 3.05) is 5.73 Å². The summed E-state index contributed by atoms with van der Waals surface area (Å²) in [5.41, 5.74) is 9.88. The third-order valence-electron chi connectivity index (χ3n) is 3.41. The van der Waals surface area contributed by atoms with Gasteiger partial charge in [0, 0.05) is 17.3 Å². The Kier molecular flexibility index (Phi) is 3.25. The van der Waals surface area contributed by atoms with E-state index in [2.05, 4.69) is 24.0 Å². The Labute approximate surface area is 118 Å². The topological polar surface area (TPSA) is 48.1 Å². The van der Waals surface area contributed by atoms with Gasteiger partial charge < -0.3 is 10.5 Å². The maximum atomic E-state index is 5.96. The summed E-state index contributed by atoms with van der Waals surface area (Å²) >= 11 is 0. The predicted octanol–water partition coefficient (Wildman–Crippen LogP) is 3.70. The Balaban J connectivity index is 1.92. The molecule has 1 aromatic heterocycles. The number of nitrogens with two attached hydrogens (primary N) is 1. The lowest BCUT2D eigenvalue weighted by molar-refractivity contribution is 0.308. The molecule has 0 radical (unpaired) electrons. The molecule has 0 fully saturated rings. The molecule has 3 aromatic rings. The summed E-state index contributed by atoms with van der Waals surface area (Å²) < 4.78 is 5.92. The van der Waals surface area contributed by atoms with Crippen LogP contribution in [0.1, 0.15) is 11.1 Å². The molecule has 2 N–H and O–H groups in total. The van der Waals surface area contributed by atoms with Gasteiger partial charge in [0.25, 0.3) is 0 Å². The van der Waals surface area contributed by atoms with Crippen molar-refractivity contribution < 1.29 is 4.74 Å². The first-order chi connectivity index (χ1) is 9.75. The summed E-state index contributed by atoms with van der Waals surface area (Å²) in [5, 5.41) is 0.926. The number of benzene rings is 2. The number of hydrogen-bond acceptors (Lipinski definition) is 3. The number of rotatable bonds is 3. The predicted molar refractivity (Wildman–Crippen MR) is 81.7 cm³/mol. The first-order valence-corrected chi connectivity index (χ1v) is 6.56. The van der Waals surface area contributed by atoms with Crippen LogP contribution in [0.3, 0.4) is 0 Å². The maximum absolute atomic E-state index is 5.96. The van der Waals surface area contributed by atoms with E-state index >= 15 is 0 Å². The van der Waals surface area contributed by atoms with Crippen molar-refractivity contribution in [3.63, 3.8) is 0 Å². The average Bonchev–Trinajstić information content (AvgIpc) is 2.48. The Morgan fingerprint density at radius 2 is 1.90 bits per heavy atom. The fourth-order valence-corrected chi connectivity index (χ4v) is 2.21. The van der Waals surface area contributed by atoms with Gasteiger partial charge >= 0.3 is 0 Å². The monoisotopic (exact) mass is 264 g/mol. The van der Waals surface area contributed by atoms with E-state index < -0.39 is 0 Å². The van der Waals surface area contributed by atoms with Crippen LogP contribution >= 0.6 is 0 Å². The Bertz CT molecular complexity index is 753. The zero-order chi connectivity index (χ0) is 13.9. The lowest BCUT2D eigenvalue weighted by Gasteiger charge is -2.11. The number of aromatic nitrogens is 1. The summed E-state index contributed by atoms with van der Waals surface area (Å²) in [6.45, 7) is 2.61. The van der Waals surface area contributed by atoms with Gasteiger partial charge in [0.15, 0.2) is 0 Å². The third kappa shape index (κ3) is 2.30. The number of nitrogen functional groups attached to an aromatic ring is 1. The van der Waals surface area contributed by atoms with Crippen LogP contribution in [0.2, 0.25) is 0 Å². The highest BCUT2D eigenvalue weighted by Crippen LogP contribution is 2.28. The van der Waals surface area contributed by atoms with Crippen molar-refractivity contribution in [3.05, 3.63) is 65.9 Å². The number of pyridine rings is 1. The van der Waals surface area contributed by atoms with Crippen LogP contribution in [0.25, 0.3) is 10.9 Å². The quantitative estimate of drug-likeness (QED) is 0.734. The Hall–Kier alpha value is -2.55. The summed E-state index contributed by atoms with van der Waals surface area (Å²) in [6, 6.07) is 15.8. The molecular weight excluding hydrogens is 248 g/mol. The average molecular weight is 264 g/mol. The normalized spacial score (nSPS) is 10.7. The Morgan fingerprint density at radius 3 is 2.75 bits per heavy atom. The van der Waals surface area contributed by atoms with Gasteiger partial charge in [0.05, 0.1) is 0 Å². The van der Waals surface area contributed by atoms with Gasteiger partial charge in [-0.15, -0.1) is 0 Å². The van der Waals surface area contributed by atoms with E-state index in [0.29, 0.717) is 6.61 Å². The molecule has 0 bridgehead atoms. The van der Waals surface area contributed by atoms with E-state index in [1.165, 1.54) is 11.1 Å². The largest absolute Gasteiger partial charge is 0.487 e. The fraction of sp³-hybridized carbons (Fsp3) is 0.118. The van der Waals surface area contributed by atoms with Gasteiger partial charge in [-0.2, -0.15) is 0 Å². The van der Waals surface area contributed by atoms with Crippen molar-refractivity contribution in [1.29, 1.82) is 0 Å². The molecular formula is C17H16N2O. The second kappa shape index (κ2) is 5.21. The smallest absolute Gasteiger partial charge is 0.146 e. The molecule has 100 valence electrons. The molecule has 0 amide bonds. The highest BCUT2D eigenvalue weighted by Gasteiger charge is 2.07. The zero-order valence-corrected chi connectivity index (χ0v) is 11.3. The van der Waals surface area contributed by atoms with Crippen LogP contribution in [-0.4, -0.2) is 4.98 Å². The maximum Gasteiger partial charge on any atom is 0.146 e. The van der Waals surface area contributed by atoms with Crippen molar-refractivity contribution in [2.24, 2.45) is 0 Å². The summed E-state index contributed by atoms with van der Waals surface area (Å²) in [5.74, 6) is 0.762. The lowest BCUT2D eigenvalue weighted by Crippen LogP contribution is -1.99. The number of fused-ring (bicyclic) bond motifs is 1. The Morgan fingerprint density at radius 1 is 1.05 bits per heavy atom. The van der Waals surface area contributed by atoms with E-state index in [4.69, 9.17) is 10.5 Å². The van der Waals surface area contributed by atoms with E-state index in [9.17, 15) is 0 Å². The highest BCUT2D eigenvalue weighted by atomic mass is 16.5. The second-order valence-electron chi connectivity index (χ2n) is 4.77. The van der Waals surface area contributed by atoms with Crippen LogP contribution in [0, 0.1) is 6.92 Å². The molecule has 20 heavy (non-hydrogen) atoms. The summed E-state index contributed by atoms with van der Waals surface area (Å²) in [7, 11) is 0. The SMILES string of the molecule is Cc1ccccc1COc1ccc(N)c2cccnc12. The highest BCUT2D eigenvalue weighted by molar-refractivity contribution is 5.94. The number of anilines is 1. The fourth-order valence-electron chi connectivity index (χ4n) is 2.21. The second-order valence-corrected chi connectivity index (χ2v) is 4.77. The molecule has 2 aromatic carbocycles. The van der Waals surface area contributed by atoms with Crippen molar-refractivity contribution in [3.8, 4) is 5.75 Å². The van der Waals surface area contributed by atoms with Gasteiger partial charge in [-0.3, -0.25) is 4.98 Å². The molecule has 0 aliphatic heterocycles. The number of aryl methyl sites for hydroxylation is 1. The van der Waals surface area contributed by atoms with Crippen molar-refractivity contribution >= 4 is 16.6 Å². The van der Waals surface area contributed by atoms with Gasteiger partial charge in [-0.05, 0) is 42.3 Å². The van der Waals surface area contributed by atoms with Crippen LogP contribution in [0.15, 0.2) is 54.7 Å². The lowest BCUT2D eigenvalue weighted by atomic mass is 10.1. The van der Waals surface area contributed by atoms with Crippen molar-refractivity contribution in [2.45, 2.75) is 13.5 Å². The third-order valence-corrected chi connectivity index (χ3v) is 3.41. The van der Waals surface area contributed by atoms with Crippen LogP contribution < -0.4 is 10.5 Å². The standard InChI is InChI=1S/C17H16N2O/c1-12-5-2-3-6-13(12)11-20-16-9-8-15(18)14-7-4-10-19-17(14)16/h2-10H,11,18H2,1H3. The zero-order valence-electron chi connectivity index (χ0n) is 11.3. The molecule has 1 heterocycles. The molecule has 0 spiro atoms. The molecule has 0 aliphatic rings. The molecule has 3 nitrogen and oxygen atoms in total. The minimum Gasteiger partial charge on any atom is -0.487 e. The van der Waals surface area contributed by atoms with Crippen molar-refractivity contribution in [1.82, 2.24) is 4.98 Å². The van der Waals surface area contributed by atoms with Gasteiger partial charge in [-0.25, -0.2) is 0 Å². The van der Waals surface area contributed by atoms with E-state index in [0.717, 1.165) is 22.3 Å². The molecule has 3 rings (SSSR count). The number of nitrogens with zero attached hydrogens (tertiary/aromatic N) is 1. The summed E-state index contributed by atoms with van der Waals surface area (Å²) in [4.78, 5) is 4.37. The first-order valence-electron chi connectivity index (χ1n) is 6.56.